The Balaban J connectivity index is 1.73. The Morgan fingerprint density at radius 2 is 2.21 bits per heavy atom. The molecule has 2 fully saturated rings. The van der Waals surface area contributed by atoms with E-state index >= 15 is 0 Å². The van der Waals surface area contributed by atoms with Crippen molar-refractivity contribution in [1.29, 1.82) is 0 Å². The molecule has 126 valence electrons. The number of thioether (sulfide) groups is 1. The molecule has 0 aromatic carbocycles. The van der Waals surface area contributed by atoms with Crippen LogP contribution in [-0.2, 0) is 9.53 Å². The minimum atomic E-state index is -0.652. The molecule has 2 atom stereocenters. The van der Waals surface area contributed by atoms with Crippen molar-refractivity contribution in [2.24, 2.45) is 22.1 Å². The van der Waals surface area contributed by atoms with Crippen molar-refractivity contribution in [2.75, 3.05) is 5.75 Å². The van der Waals surface area contributed by atoms with E-state index in [9.17, 15) is 14.4 Å². The van der Waals surface area contributed by atoms with Crippen LogP contribution in [0.5, 0.6) is 0 Å². The molecule has 0 amide bonds. The fraction of sp³-hybridized carbons (Fsp3) is 0.500. The number of carbonyl (C=O) groups is 1. The van der Waals surface area contributed by atoms with Crippen molar-refractivity contribution in [3.8, 4) is 0 Å². The van der Waals surface area contributed by atoms with Gasteiger partial charge in [0, 0.05) is 11.7 Å². The summed E-state index contributed by atoms with van der Waals surface area (Å²) in [5.41, 5.74) is -0.921. The molecule has 1 saturated carbocycles. The van der Waals surface area contributed by atoms with Crippen LogP contribution in [-0.4, -0.2) is 31.5 Å². The number of carbonyl (C=O) groups excluding carboxylic acids is 1. The molecule has 12 heteroatoms. The zero-order valence-electron chi connectivity index (χ0n) is 12.2. The van der Waals surface area contributed by atoms with E-state index in [0.717, 1.165) is 24.2 Å². The van der Waals surface area contributed by atoms with Crippen molar-refractivity contribution in [2.45, 2.75) is 24.5 Å². The number of ether oxygens (including phenoxy) is 1. The van der Waals surface area contributed by atoms with E-state index in [1.165, 1.54) is 16.3 Å². The summed E-state index contributed by atoms with van der Waals surface area (Å²) in [5.74, 6) is 5.45. The number of ketones is 1. The standard InChI is InChI=1S/C12H12N6O4S2/c13-17-16-11-14-8-7(9(20)15-11)24-12(21)18(8)5-3-23-10(22-5)6(19)4-1-2-4/h4-5,10H,1-3H2,(H3,13,14,15,16,20)/t5-,10+/m1/s1. The van der Waals surface area contributed by atoms with Gasteiger partial charge in [-0.25, -0.2) is 0 Å². The van der Waals surface area contributed by atoms with Crippen LogP contribution in [0.15, 0.2) is 19.9 Å². The monoisotopic (exact) mass is 368 g/mol. The average molecular weight is 368 g/mol. The van der Waals surface area contributed by atoms with Crippen molar-refractivity contribution in [3.63, 3.8) is 0 Å². The number of rotatable bonds is 4. The predicted octanol–water partition coefficient (Wildman–Crippen LogP) is 0.671. The number of Topliss-reactive ketones (excluding diaryl/α,β-unsaturated/α-hetero) is 1. The molecule has 4 rings (SSSR count). The van der Waals surface area contributed by atoms with Crippen molar-refractivity contribution >= 4 is 45.2 Å². The number of thiazole rings is 1. The van der Waals surface area contributed by atoms with Crippen LogP contribution in [0, 0.1) is 5.92 Å². The molecule has 24 heavy (non-hydrogen) atoms. The Morgan fingerprint density at radius 1 is 1.42 bits per heavy atom. The molecular weight excluding hydrogens is 356 g/mol. The maximum Gasteiger partial charge on any atom is 0.311 e. The zero-order valence-corrected chi connectivity index (χ0v) is 13.8. The first-order chi connectivity index (χ1) is 11.6. The highest BCUT2D eigenvalue weighted by molar-refractivity contribution is 8.00. The smallest absolute Gasteiger partial charge is 0.311 e. The Morgan fingerprint density at radius 3 is 2.92 bits per heavy atom. The molecule has 1 saturated heterocycles. The molecule has 2 aromatic rings. The van der Waals surface area contributed by atoms with Gasteiger partial charge in [0.1, 0.15) is 4.70 Å². The van der Waals surface area contributed by atoms with Gasteiger partial charge in [-0.15, -0.1) is 11.8 Å². The van der Waals surface area contributed by atoms with E-state index in [0.29, 0.717) is 5.75 Å². The summed E-state index contributed by atoms with van der Waals surface area (Å²) in [6.07, 6.45) is 1.14. The highest BCUT2D eigenvalue weighted by atomic mass is 32.2. The van der Waals surface area contributed by atoms with Crippen LogP contribution < -0.4 is 16.3 Å². The van der Waals surface area contributed by atoms with Crippen LogP contribution in [0.3, 0.4) is 0 Å². The van der Waals surface area contributed by atoms with Gasteiger partial charge in [0.25, 0.3) is 11.5 Å². The SMILES string of the molecule is NN=Nc1nc2c(sc(=O)n2[C@H]2CS[C@@H](C(=O)C3CC3)O2)c(=O)[nH]1. The average Bonchev–Trinajstić information content (AvgIpc) is 3.19. The van der Waals surface area contributed by atoms with Crippen LogP contribution in [0.4, 0.5) is 5.95 Å². The summed E-state index contributed by atoms with van der Waals surface area (Å²) >= 11 is 2.13. The fourth-order valence-corrected chi connectivity index (χ4v) is 4.50. The summed E-state index contributed by atoms with van der Waals surface area (Å²) in [6.45, 7) is 0. The van der Waals surface area contributed by atoms with E-state index in [4.69, 9.17) is 10.6 Å². The van der Waals surface area contributed by atoms with Gasteiger partial charge in [-0.05, 0) is 12.8 Å². The Labute approximate surface area is 142 Å². The number of hydrogen-bond donors (Lipinski definition) is 2. The lowest BCUT2D eigenvalue weighted by molar-refractivity contribution is -0.129. The molecule has 1 aliphatic carbocycles. The summed E-state index contributed by atoms with van der Waals surface area (Å²) in [6, 6.07) is 0. The predicted molar refractivity (Wildman–Crippen MR) is 87.3 cm³/mol. The van der Waals surface area contributed by atoms with Crippen LogP contribution in [0.25, 0.3) is 10.3 Å². The number of H-pyrrole nitrogens is 1. The lowest BCUT2D eigenvalue weighted by Gasteiger charge is -2.12. The maximum atomic E-state index is 12.3. The van der Waals surface area contributed by atoms with Gasteiger partial charge in [0.2, 0.25) is 0 Å². The topological polar surface area (TPSA) is 145 Å². The third-order valence-electron chi connectivity index (χ3n) is 3.78. The van der Waals surface area contributed by atoms with E-state index in [2.05, 4.69) is 20.3 Å². The van der Waals surface area contributed by atoms with Crippen molar-refractivity contribution in [3.05, 3.63) is 20.0 Å². The Hall–Kier alpha value is -2.05. The van der Waals surface area contributed by atoms with Gasteiger partial charge in [-0.1, -0.05) is 21.7 Å². The van der Waals surface area contributed by atoms with Gasteiger partial charge in [0.15, 0.2) is 23.1 Å². The first-order valence-electron chi connectivity index (χ1n) is 7.15. The molecule has 3 heterocycles. The third kappa shape index (κ3) is 2.56. The van der Waals surface area contributed by atoms with Gasteiger partial charge in [-0.2, -0.15) is 4.98 Å². The highest BCUT2D eigenvalue weighted by Gasteiger charge is 2.41. The van der Waals surface area contributed by atoms with Gasteiger partial charge >= 0.3 is 4.87 Å². The van der Waals surface area contributed by atoms with Gasteiger partial charge in [0.05, 0.1) is 0 Å². The minimum absolute atomic E-state index is 0.0681. The zero-order chi connectivity index (χ0) is 16.8. The molecule has 2 aliphatic rings. The van der Waals surface area contributed by atoms with Crippen LogP contribution >= 0.6 is 23.1 Å². The number of nitrogens with zero attached hydrogens (tertiary/aromatic N) is 4. The second kappa shape index (κ2) is 5.79. The normalized spacial score (nSPS) is 24.2. The summed E-state index contributed by atoms with van der Waals surface area (Å²) in [4.78, 5) is 42.6. The van der Waals surface area contributed by atoms with Crippen molar-refractivity contribution in [1.82, 2.24) is 14.5 Å². The lowest BCUT2D eigenvalue weighted by atomic mass is 10.3. The summed E-state index contributed by atoms with van der Waals surface area (Å²) in [7, 11) is 0. The second-order valence-electron chi connectivity index (χ2n) is 5.43. The quantitative estimate of drug-likeness (QED) is 0.458. The number of fused-ring (bicyclic) bond motifs is 1. The van der Waals surface area contributed by atoms with Gasteiger partial charge < -0.3 is 10.6 Å². The molecule has 0 radical (unpaired) electrons. The molecule has 10 nitrogen and oxygen atoms in total. The van der Waals surface area contributed by atoms with Crippen LogP contribution in [0.2, 0.25) is 0 Å². The van der Waals surface area contributed by atoms with E-state index in [1.54, 1.807) is 0 Å². The van der Waals surface area contributed by atoms with E-state index in [-0.39, 0.29) is 32.9 Å². The molecule has 1 aliphatic heterocycles. The first-order valence-corrected chi connectivity index (χ1v) is 9.02. The molecular formula is C12H12N6O4S2. The molecule has 0 spiro atoms. The Bertz CT molecular complexity index is 959. The molecule has 0 unspecified atom stereocenters. The van der Waals surface area contributed by atoms with Gasteiger partial charge in [-0.3, -0.25) is 23.9 Å². The van der Waals surface area contributed by atoms with E-state index < -0.39 is 17.2 Å². The van der Waals surface area contributed by atoms with E-state index in [1.807, 2.05) is 0 Å². The summed E-state index contributed by atoms with van der Waals surface area (Å²) < 4.78 is 7.21. The second-order valence-corrected chi connectivity index (χ2v) is 7.48. The third-order valence-corrected chi connectivity index (χ3v) is 5.85. The number of nitrogens with one attached hydrogen (secondary N) is 1. The van der Waals surface area contributed by atoms with Crippen molar-refractivity contribution < 1.29 is 9.53 Å². The number of aromatic amines is 1. The lowest BCUT2D eigenvalue weighted by Crippen LogP contribution is -2.25. The Kier molecular flexibility index (Phi) is 3.73. The number of nitrogens with two attached hydrogens (primary N) is 1. The summed E-state index contributed by atoms with van der Waals surface area (Å²) in [5, 5.41) is 6.57. The molecule has 3 N–H and O–H groups in total. The minimum Gasteiger partial charge on any atom is -0.335 e. The number of aromatic nitrogens is 3. The number of hydrogen-bond acceptors (Lipinski definition) is 9. The largest absolute Gasteiger partial charge is 0.335 e. The highest BCUT2D eigenvalue weighted by Crippen LogP contribution is 2.40. The fourth-order valence-electron chi connectivity index (χ4n) is 2.51. The molecule has 2 aromatic heterocycles. The van der Waals surface area contributed by atoms with Crippen LogP contribution in [0.1, 0.15) is 19.1 Å². The molecule has 0 bridgehead atoms. The first kappa shape index (κ1) is 15.5. The maximum absolute atomic E-state index is 12.3.